The van der Waals surface area contributed by atoms with Crippen molar-refractivity contribution in [2.45, 2.75) is 56.5 Å². The van der Waals surface area contributed by atoms with Gasteiger partial charge in [0.1, 0.15) is 0 Å². The molecule has 0 radical (unpaired) electrons. The number of hydrogen-bond acceptors (Lipinski definition) is 1. The van der Waals surface area contributed by atoms with Crippen molar-refractivity contribution in [3.63, 3.8) is 0 Å². The van der Waals surface area contributed by atoms with E-state index in [4.69, 9.17) is 4.98 Å². The van der Waals surface area contributed by atoms with Crippen molar-refractivity contribution in [1.29, 1.82) is 0 Å². The number of rotatable bonds is 3. The maximum absolute atomic E-state index is 16.6. The summed E-state index contributed by atoms with van der Waals surface area (Å²) >= 11 is -1.94. The molecule has 40 heavy (non-hydrogen) atoms. The number of nitrogens with zero attached hydrogens (tertiary/aromatic N) is 1. The minimum absolute atomic E-state index is 0.0175. The normalized spacial score (nSPS) is 14.3. The molecule has 1 nitrogen and oxygen atoms in total. The van der Waals surface area contributed by atoms with Gasteiger partial charge < -0.3 is 0 Å². The molecular formula is C36H38FGeNSi. The fourth-order valence-corrected chi connectivity index (χ4v) is 12.5. The maximum atomic E-state index is 16.6. The van der Waals surface area contributed by atoms with E-state index in [2.05, 4.69) is 124 Å². The quantitative estimate of drug-likeness (QED) is 0.189. The molecule has 5 aromatic rings. The number of aromatic nitrogens is 1. The Bertz CT molecular complexity index is 1790. The van der Waals surface area contributed by atoms with Crippen molar-refractivity contribution in [3.8, 4) is 33.5 Å². The second-order valence-corrected chi connectivity index (χ2v) is 28.8. The number of fused-ring (bicyclic) bond motifs is 4. The van der Waals surface area contributed by atoms with Gasteiger partial charge in [-0.3, -0.25) is 0 Å². The third-order valence-corrected chi connectivity index (χ3v) is 16.5. The van der Waals surface area contributed by atoms with E-state index < -0.39 is 21.3 Å². The van der Waals surface area contributed by atoms with E-state index >= 15 is 4.39 Å². The minimum atomic E-state index is -2.42. The molecule has 0 N–H and O–H groups in total. The van der Waals surface area contributed by atoms with Crippen LogP contribution in [-0.4, -0.2) is 26.3 Å². The second kappa shape index (κ2) is 9.25. The van der Waals surface area contributed by atoms with Crippen molar-refractivity contribution in [3.05, 3.63) is 96.4 Å². The van der Waals surface area contributed by atoms with Gasteiger partial charge in [-0.25, -0.2) is 0 Å². The third kappa shape index (κ3) is 4.29. The summed E-state index contributed by atoms with van der Waals surface area (Å²) in [6.45, 7) is 11.4. The summed E-state index contributed by atoms with van der Waals surface area (Å²) in [5.41, 5.74) is 7.26. The smallest absolute Gasteiger partial charge is 0.0616 e. The van der Waals surface area contributed by atoms with E-state index in [1.807, 2.05) is 12.3 Å². The first kappa shape index (κ1) is 27.2. The summed E-state index contributed by atoms with van der Waals surface area (Å²) in [5, 5.41) is 4.65. The van der Waals surface area contributed by atoms with Crippen LogP contribution >= 0.6 is 0 Å². The Labute approximate surface area is 241 Å². The van der Waals surface area contributed by atoms with E-state index in [-0.39, 0.29) is 11.2 Å². The zero-order valence-corrected chi connectivity index (χ0v) is 28.0. The van der Waals surface area contributed by atoms with E-state index in [1.54, 1.807) is 0 Å². The molecule has 0 amide bonds. The first-order valence-corrected chi connectivity index (χ1v) is 24.6. The second-order valence-electron chi connectivity index (χ2n) is 13.9. The zero-order valence-electron chi connectivity index (χ0n) is 24.9. The Hall–Kier alpha value is -3.02. The summed E-state index contributed by atoms with van der Waals surface area (Å²) in [5.74, 6) is 7.11. The Morgan fingerprint density at radius 1 is 0.725 bits per heavy atom. The van der Waals surface area contributed by atoms with Crippen molar-refractivity contribution >= 4 is 46.9 Å². The molecule has 0 bridgehead atoms. The molecule has 1 aromatic heterocycles. The molecule has 2 heterocycles. The number of pyridine rings is 1. The first-order chi connectivity index (χ1) is 18.8. The molecule has 4 heteroatoms. The van der Waals surface area contributed by atoms with Gasteiger partial charge in [-0.15, -0.1) is 0 Å². The molecule has 1 aliphatic rings. The molecule has 0 atom stereocenters. The van der Waals surface area contributed by atoms with Gasteiger partial charge in [0, 0.05) is 0 Å². The molecule has 0 spiro atoms. The Kier molecular flexibility index (Phi) is 6.28. The van der Waals surface area contributed by atoms with E-state index in [0.717, 1.165) is 33.1 Å². The zero-order chi connectivity index (χ0) is 28.6. The molecule has 4 aromatic carbocycles. The minimum Gasteiger partial charge on any atom is -0.0616 e. The molecule has 0 saturated heterocycles. The van der Waals surface area contributed by atoms with Gasteiger partial charge in [0.25, 0.3) is 0 Å². The van der Waals surface area contributed by atoms with Crippen LogP contribution in [0.25, 0.3) is 44.3 Å². The van der Waals surface area contributed by atoms with Crippen LogP contribution in [0.5, 0.6) is 0 Å². The summed E-state index contributed by atoms with van der Waals surface area (Å²) in [6, 6.07) is 28.1. The van der Waals surface area contributed by atoms with Crippen LogP contribution in [0.15, 0.2) is 85.1 Å². The number of halogens is 1. The van der Waals surface area contributed by atoms with Gasteiger partial charge in [-0.2, -0.15) is 0 Å². The summed E-state index contributed by atoms with van der Waals surface area (Å²) in [6.07, 6.45) is 1.90. The van der Waals surface area contributed by atoms with Crippen molar-refractivity contribution in [2.24, 2.45) is 0 Å². The Balaban J connectivity index is 1.53. The fourth-order valence-electron chi connectivity index (χ4n) is 6.51. The Morgan fingerprint density at radius 2 is 1.38 bits per heavy atom. The van der Waals surface area contributed by atoms with E-state index in [1.165, 1.54) is 25.9 Å². The SMILES string of the molecule is CC(C)(C)c1cc(-c2nccc3c2[Si](C)(C)c2c-3ccc(-c3cc[c]([Ge]([CH3])([CH3])[CH3])cc3)c2F)cc2ccccc12. The molecule has 0 fully saturated rings. The molecule has 202 valence electrons. The number of hydrogen-bond donors (Lipinski definition) is 0. The summed E-state index contributed by atoms with van der Waals surface area (Å²) in [4.78, 5) is 4.99. The van der Waals surface area contributed by atoms with Crippen LogP contribution in [0.4, 0.5) is 4.39 Å². The van der Waals surface area contributed by atoms with Crippen molar-refractivity contribution in [2.75, 3.05) is 0 Å². The predicted octanol–water partition coefficient (Wildman–Crippen LogP) is 8.35. The molecule has 0 aliphatic carbocycles. The Morgan fingerprint density at radius 3 is 2.05 bits per heavy atom. The van der Waals surface area contributed by atoms with Gasteiger partial charge in [0.2, 0.25) is 0 Å². The standard InChI is InChI=1S/C36H38FGeNSi/c1-36(2,3)31-22-25(21-24-11-9-10-12-27(24)31)33-35-30(19-20-39-33)29-18-17-28(32(37)34(29)40(35,7)8)23-13-15-26(16-14-23)38(4,5)6/h9-22H,1-8H3. The predicted molar refractivity (Wildman–Crippen MR) is 176 cm³/mol. The molecule has 1 aliphatic heterocycles. The topological polar surface area (TPSA) is 12.9 Å². The monoisotopic (exact) mass is 605 g/mol. The average Bonchev–Trinajstić information content (AvgIpc) is 3.14. The van der Waals surface area contributed by atoms with Crippen LogP contribution < -0.4 is 14.8 Å². The van der Waals surface area contributed by atoms with Crippen molar-refractivity contribution < 1.29 is 4.39 Å². The van der Waals surface area contributed by atoms with Gasteiger partial charge in [-0.05, 0) is 21.8 Å². The molecule has 6 rings (SSSR count). The van der Waals surface area contributed by atoms with Crippen LogP contribution in [0, 0.1) is 5.82 Å². The van der Waals surface area contributed by atoms with E-state index in [0.29, 0.717) is 5.56 Å². The molecule has 0 saturated carbocycles. The van der Waals surface area contributed by atoms with Gasteiger partial charge >= 0.3 is 176 Å². The fraction of sp³-hybridized carbons (Fsp3) is 0.250. The van der Waals surface area contributed by atoms with Gasteiger partial charge in [-0.1, -0.05) is 45.0 Å². The van der Waals surface area contributed by atoms with Gasteiger partial charge in [0.05, 0.1) is 0 Å². The van der Waals surface area contributed by atoms with Crippen LogP contribution in [0.2, 0.25) is 30.4 Å². The summed E-state index contributed by atoms with van der Waals surface area (Å²) in [7, 11) is -2.42. The number of benzene rings is 4. The van der Waals surface area contributed by atoms with Crippen molar-refractivity contribution in [1.82, 2.24) is 4.98 Å². The average molecular weight is 604 g/mol. The third-order valence-electron chi connectivity index (χ3n) is 8.64. The van der Waals surface area contributed by atoms with Gasteiger partial charge in [0.15, 0.2) is 0 Å². The van der Waals surface area contributed by atoms with Crippen LogP contribution in [0.1, 0.15) is 26.3 Å². The molecule has 0 unspecified atom stereocenters. The first-order valence-electron chi connectivity index (χ1n) is 14.3. The van der Waals surface area contributed by atoms with Crippen LogP contribution in [0.3, 0.4) is 0 Å². The van der Waals surface area contributed by atoms with Crippen LogP contribution in [-0.2, 0) is 5.41 Å². The molecular weight excluding hydrogens is 566 g/mol. The van der Waals surface area contributed by atoms with E-state index in [9.17, 15) is 0 Å². The summed E-state index contributed by atoms with van der Waals surface area (Å²) < 4.78 is 18.1.